The Hall–Kier alpha value is -1.35. The average Bonchev–Trinajstić information content (AvgIpc) is 2.46. The Bertz CT molecular complexity index is 409. The molecule has 2 rings (SSSR count). The molecule has 0 bridgehead atoms. The molecule has 3 nitrogen and oxygen atoms in total. The first-order valence-corrected chi connectivity index (χ1v) is 6.60. The fourth-order valence-electron chi connectivity index (χ4n) is 2.66. The van der Waals surface area contributed by atoms with Crippen molar-refractivity contribution in [3.05, 3.63) is 29.8 Å². The summed E-state index contributed by atoms with van der Waals surface area (Å²) in [6.45, 7) is 0. The lowest BCUT2D eigenvalue weighted by molar-refractivity contribution is 0.0880. The van der Waals surface area contributed by atoms with E-state index in [2.05, 4.69) is 5.32 Å². The lowest BCUT2D eigenvalue weighted by atomic mass is 9.81. The smallest absolute Gasteiger partial charge is 0.166 e. The van der Waals surface area contributed by atoms with Crippen LogP contribution in [-0.4, -0.2) is 26.0 Å². The SMILES string of the molecule is CNC1CCC(C(=O)c2cccc(OC)c2)CC1. The normalized spacial score (nSPS) is 23.7. The number of methoxy groups -OCH3 is 1. The van der Waals surface area contributed by atoms with Gasteiger partial charge >= 0.3 is 0 Å². The van der Waals surface area contributed by atoms with E-state index in [0.29, 0.717) is 6.04 Å². The summed E-state index contributed by atoms with van der Waals surface area (Å²) in [5.41, 5.74) is 0.780. The van der Waals surface area contributed by atoms with Gasteiger partial charge in [0.25, 0.3) is 0 Å². The van der Waals surface area contributed by atoms with Crippen LogP contribution >= 0.6 is 0 Å². The van der Waals surface area contributed by atoms with Crippen LogP contribution in [-0.2, 0) is 0 Å². The largest absolute Gasteiger partial charge is 0.497 e. The molecule has 0 aliphatic heterocycles. The van der Waals surface area contributed by atoms with E-state index in [1.54, 1.807) is 7.11 Å². The van der Waals surface area contributed by atoms with E-state index in [-0.39, 0.29) is 11.7 Å². The Labute approximate surface area is 109 Å². The molecule has 1 aromatic rings. The van der Waals surface area contributed by atoms with E-state index < -0.39 is 0 Å². The van der Waals surface area contributed by atoms with Gasteiger partial charge in [-0.05, 0) is 44.9 Å². The minimum Gasteiger partial charge on any atom is -0.497 e. The Morgan fingerprint density at radius 3 is 2.61 bits per heavy atom. The Balaban J connectivity index is 2.03. The third kappa shape index (κ3) is 2.91. The topological polar surface area (TPSA) is 38.3 Å². The fourth-order valence-corrected chi connectivity index (χ4v) is 2.66. The van der Waals surface area contributed by atoms with E-state index in [1.807, 2.05) is 31.3 Å². The predicted octanol–water partition coefficient (Wildman–Crippen LogP) is 2.66. The first-order valence-electron chi connectivity index (χ1n) is 6.60. The summed E-state index contributed by atoms with van der Waals surface area (Å²) >= 11 is 0. The predicted molar refractivity (Wildman–Crippen MR) is 72.1 cm³/mol. The van der Waals surface area contributed by atoms with E-state index in [4.69, 9.17) is 4.74 Å². The molecule has 0 atom stereocenters. The summed E-state index contributed by atoms with van der Waals surface area (Å²) < 4.78 is 5.16. The van der Waals surface area contributed by atoms with Crippen molar-refractivity contribution in [2.45, 2.75) is 31.7 Å². The summed E-state index contributed by atoms with van der Waals surface area (Å²) in [5, 5.41) is 3.29. The number of hydrogen-bond acceptors (Lipinski definition) is 3. The zero-order valence-corrected chi connectivity index (χ0v) is 11.1. The number of nitrogens with one attached hydrogen (secondary N) is 1. The monoisotopic (exact) mass is 247 g/mol. The molecule has 0 spiro atoms. The number of rotatable bonds is 4. The van der Waals surface area contributed by atoms with Gasteiger partial charge in [-0.25, -0.2) is 0 Å². The van der Waals surface area contributed by atoms with Gasteiger partial charge in [-0.1, -0.05) is 12.1 Å². The third-order valence-electron chi connectivity index (χ3n) is 3.86. The zero-order chi connectivity index (χ0) is 13.0. The number of hydrogen-bond donors (Lipinski definition) is 1. The van der Waals surface area contributed by atoms with Gasteiger partial charge in [-0.3, -0.25) is 4.79 Å². The fraction of sp³-hybridized carbons (Fsp3) is 0.533. The number of Topliss-reactive ketones (excluding diaryl/α,β-unsaturated/α-hetero) is 1. The van der Waals surface area contributed by atoms with E-state index in [9.17, 15) is 4.79 Å². The van der Waals surface area contributed by atoms with Crippen LogP contribution in [0.4, 0.5) is 0 Å². The van der Waals surface area contributed by atoms with Gasteiger partial charge in [0.1, 0.15) is 5.75 Å². The first-order chi connectivity index (χ1) is 8.74. The zero-order valence-electron chi connectivity index (χ0n) is 11.1. The summed E-state index contributed by atoms with van der Waals surface area (Å²) in [4.78, 5) is 12.4. The molecule has 1 aliphatic carbocycles. The summed E-state index contributed by atoms with van der Waals surface area (Å²) in [7, 11) is 3.62. The third-order valence-corrected chi connectivity index (χ3v) is 3.86. The minimum atomic E-state index is 0.182. The molecule has 1 N–H and O–H groups in total. The van der Waals surface area contributed by atoms with Crippen molar-refractivity contribution in [1.29, 1.82) is 0 Å². The highest BCUT2D eigenvalue weighted by atomic mass is 16.5. The molecule has 1 aliphatic rings. The van der Waals surface area contributed by atoms with Crippen molar-refractivity contribution in [2.75, 3.05) is 14.2 Å². The van der Waals surface area contributed by atoms with Crippen LogP contribution in [0.15, 0.2) is 24.3 Å². The maximum Gasteiger partial charge on any atom is 0.166 e. The molecule has 0 aromatic heterocycles. The van der Waals surface area contributed by atoms with Crippen molar-refractivity contribution in [3.63, 3.8) is 0 Å². The van der Waals surface area contributed by atoms with Gasteiger partial charge < -0.3 is 10.1 Å². The Kier molecular flexibility index (Phi) is 4.37. The number of ketones is 1. The number of ether oxygens (including phenoxy) is 1. The molecule has 1 saturated carbocycles. The molecule has 3 heteroatoms. The standard InChI is InChI=1S/C15H21NO2/c1-16-13-8-6-11(7-9-13)15(17)12-4-3-5-14(10-12)18-2/h3-5,10-11,13,16H,6-9H2,1-2H3. The molecule has 0 amide bonds. The molecule has 1 fully saturated rings. The van der Waals surface area contributed by atoms with Gasteiger partial charge in [0, 0.05) is 17.5 Å². The van der Waals surface area contributed by atoms with Crippen LogP contribution in [0.25, 0.3) is 0 Å². The molecule has 98 valence electrons. The van der Waals surface area contributed by atoms with Crippen molar-refractivity contribution in [2.24, 2.45) is 5.92 Å². The van der Waals surface area contributed by atoms with E-state index >= 15 is 0 Å². The lowest BCUT2D eigenvalue weighted by Gasteiger charge is -2.27. The Morgan fingerprint density at radius 1 is 1.28 bits per heavy atom. The molecule has 0 unspecified atom stereocenters. The second-order valence-electron chi connectivity index (χ2n) is 4.93. The lowest BCUT2D eigenvalue weighted by Crippen LogP contribution is -2.32. The highest BCUT2D eigenvalue weighted by Gasteiger charge is 2.26. The molecular formula is C15H21NO2. The first kappa shape index (κ1) is 13.1. The second-order valence-corrected chi connectivity index (χ2v) is 4.93. The highest BCUT2D eigenvalue weighted by molar-refractivity contribution is 5.98. The summed E-state index contributed by atoms with van der Waals surface area (Å²) in [5.74, 6) is 1.20. The van der Waals surface area contributed by atoms with Crippen molar-refractivity contribution < 1.29 is 9.53 Å². The molecule has 18 heavy (non-hydrogen) atoms. The Morgan fingerprint density at radius 2 is 2.00 bits per heavy atom. The number of carbonyl (C=O) groups excluding carboxylic acids is 1. The highest BCUT2D eigenvalue weighted by Crippen LogP contribution is 2.28. The van der Waals surface area contributed by atoms with Crippen LogP contribution in [0.1, 0.15) is 36.0 Å². The van der Waals surface area contributed by atoms with Crippen LogP contribution < -0.4 is 10.1 Å². The minimum absolute atomic E-state index is 0.182. The molecular weight excluding hydrogens is 226 g/mol. The van der Waals surface area contributed by atoms with Crippen LogP contribution in [0, 0.1) is 5.92 Å². The quantitative estimate of drug-likeness (QED) is 0.831. The molecule has 0 radical (unpaired) electrons. The van der Waals surface area contributed by atoms with Gasteiger partial charge in [0.05, 0.1) is 7.11 Å². The maximum absolute atomic E-state index is 12.4. The molecule has 0 saturated heterocycles. The molecule has 1 aromatic carbocycles. The number of benzene rings is 1. The summed E-state index contributed by atoms with van der Waals surface area (Å²) in [6.07, 6.45) is 4.16. The van der Waals surface area contributed by atoms with Gasteiger partial charge in [0.2, 0.25) is 0 Å². The van der Waals surface area contributed by atoms with Crippen LogP contribution in [0.5, 0.6) is 5.75 Å². The number of carbonyl (C=O) groups is 1. The average molecular weight is 247 g/mol. The second kappa shape index (κ2) is 6.01. The van der Waals surface area contributed by atoms with Crippen molar-refractivity contribution >= 4 is 5.78 Å². The molecule has 0 heterocycles. The van der Waals surface area contributed by atoms with Crippen LogP contribution in [0.3, 0.4) is 0 Å². The van der Waals surface area contributed by atoms with Gasteiger partial charge in [-0.2, -0.15) is 0 Å². The van der Waals surface area contributed by atoms with Crippen molar-refractivity contribution in [3.8, 4) is 5.75 Å². The van der Waals surface area contributed by atoms with E-state index in [1.165, 1.54) is 0 Å². The van der Waals surface area contributed by atoms with E-state index in [0.717, 1.165) is 37.0 Å². The van der Waals surface area contributed by atoms with Gasteiger partial charge in [-0.15, -0.1) is 0 Å². The van der Waals surface area contributed by atoms with Crippen molar-refractivity contribution in [1.82, 2.24) is 5.32 Å². The van der Waals surface area contributed by atoms with Crippen LogP contribution in [0.2, 0.25) is 0 Å². The maximum atomic E-state index is 12.4. The summed E-state index contributed by atoms with van der Waals surface area (Å²) in [6, 6.07) is 8.06. The van der Waals surface area contributed by atoms with Gasteiger partial charge in [0.15, 0.2) is 5.78 Å².